The van der Waals surface area contributed by atoms with Crippen molar-refractivity contribution in [3.8, 4) is 5.75 Å². The third-order valence-electron chi connectivity index (χ3n) is 4.28. The number of fused-ring (bicyclic) bond motifs is 1. The molecule has 0 spiro atoms. The van der Waals surface area contributed by atoms with Crippen molar-refractivity contribution < 1.29 is 14.3 Å². The van der Waals surface area contributed by atoms with Crippen molar-refractivity contribution in [1.82, 2.24) is 4.90 Å². The molecule has 0 unspecified atom stereocenters. The quantitative estimate of drug-likeness (QED) is 0.874. The van der Waals surface area contributed by atoms with Gasteiger partial charge in [-0.15, -0.1) is 11.8 Å². The Hall–Kier alpha value is -2.47. The maximum absolute atomic E-state index is 12.6. The minimum Gasteiger partial charge on any atom is -0.491 e. The number of hydrogen-bond acceptors (Lipinski definition) is 4. The first kappa shape index (κ1) is 18.3. The smallest absolute Gasteiger partial charge is 0.253 e. The van der Waals surface area contributed by atoms with Crippen molar-refractivity contribution in [3.63, 3.8) is 0 Å². The van der Waals surface area contributed by atoms with Crippen LogP contribution in [0.25, 0.3) is 0 Å². The van der Waals surface area contributed by atoms with E-state index in [-0.39, 0.29) is 17.1 Å². The summed E-state index contributed by atoms with van der Waals surface area (Å²) in [6.07, 6.45) is 0. The molecule has 0 saturated heterocycles. The molecular weight excluding hydrogens is 348 g/mol. The molecule has 26 heavy (non-hydrogen) atoms. The number of nitrogens with zero attached hydrogens (tertiary/aromatic N) is 1. The summed E-state index contributed by atoms with van der Waals surface area (Å²) in [4.78, 5) is 27.1. The topological polar surface area (TPSA) is 58.6 Å². The van der Waals surface area contributed by atoms with Crippen LogP contribution in [-0.2, 0) is 4.79 Å². The zero-order valence-electron chi connectivity index (χ0n) is 15.1. The molecule has 6 heteroatoms. The molecule has 2 aromatic rings. The standard InChI is InChI=1S/C20H22N2O3S/c1-13-6-4-5-7-17(13)25-11-10-22(3)20(24)15-8-9-18-16(12-15)21-19(23)14(2)26-18/h4-9,12,14H,10-11H2,1-3H3,(H,21,23)/t14-/m0/s1. The molecule has 0 fully saturated rings. The number of amides is 2. The lowest BCUT2D eigenvalue weighted by molar-refractivity contribution is -0.115. The number of benzene rings is 2. The number of aryl methyl sites for hydroxylation is 1. The SMILES string of the molecule is Cc1ccccc1OCCN(C)C(=O)c1ccc2c(c1)NC(=O)[C@H](C)S2. The fourth-order valence-corrected chi connectivity index (χ4v) is 3.61. The highest BCUT2D eigenvalue weighted by atomic mass is 32.2. The molecule has 1 atom stereocenters. The summed E-state index contributed by atoms with van der Waals surface area (Å²) < 4.78 is 5.76. The number of carbonyl (C=O) groups is 2. The average Bonchev–Trinajstić information content (AvgIpc) is 2.63. The van der Waals surface area contributed by atoms with Crippen LogP contribution in [0, 0.1) is 6.92 Å². The number of likely N-dealkylation sites (N-methyl/N-ethyl adjacent to an activating group) is 1. The van der Waals surface area contributed by atoms with Gasteiger partial charge in [0.05, 0.1) is 17.5 Å². The maximum Gasteiger partial charge on any atom is 0.253 e. The monoisotopic (exact) mass is 370 g/mol. The molecular formula is C20H22N2O3S. The Kier molecular flexibility index (Phi) is 5.52. The lowest BCUT2D eigenvalue weighted by atomic mass is 10.1. The number of nitrogens with one attached hydrogen (secondary N) is 1. The second-order valence-corrected chi connectivity index (χ2v) is 7.68. The van der Waals surface area contributed by atoms with Gasteiger partial charge in [0.2, 0.25) is 5.91 Å². The molecule has 1 aliphatic rings. The summed E-state index contributed by atoms with van der Waals surface area (Å²) in [5, 5.41) is 2.74. The zero-order chi connectivity index (χ0) is 18.7. The zero-order valence-corrected chi connectivity index (χ0v) is 15.9. The summed E-state index contributed by atoms with van der Waals surface area (Å²) in [7, 11) is 1.75. The fourth-order valence-electron chi connectivity index (χ4n) is 2.67. The van der Waals surface area contributed by atoms with Crippen molar-refractivity contribution in [2.24, 2.45) is 0 Å². The molecule has 136 valence electrons. The van der Waals surface area contributed by atoms with Crippen molar-refractivity contribution in [3.05, 3.63) is 53.6 Å². The van der Waals surface area contributed by atoms with Gasteiger partial charge in [0.15, 0.2) is 0 Å². The highest BCUT2D eigenvalue weighted by Gasteiger charge is 2.24. The van der Waals surface area contributed by atoms with Crippen LogP contribution in [0.4, 0.5) is 5.69 Å². The summed E-state index contributed by atoms with van der Waals surface area (Å²) in [5.41, 5.74) is 2.32. The van der Waals surface area contributed by atoms with E-state index in [1.54, 1.807) is 24.1 Å². The molecule has 0 aliphatic carbocycles. The third kappa shape index (κ3) is 4.02. The molecule has 3 rings (SSSR count). The largest absolute Gasteiger partial charge is 0.491 e. The van der Waals surface area contributed by atoms with E-state index in [2.05, 4.69) is 5.32 Å². The Morgan fingerprint density at radius 2 is 2.04 bits per heavy atom. The molecule has 1 heterocycles. The van der Waals surface area contributed by atoms with Gasteiger partial charge in [-0.25, -0.2) is 0 Å². The van der Waals surface area contributed by atoms with Crippen molar-refractivity contribution in [1.29, 1.82) is 0 Å². The Balaban J connectivity index is 1.61. The second kappa shape index (κ2) is 7.83. The first-order valence-corrected chi connectivity index (χ1v) is 9.39. The van der Waals surface area contributed by atoms with E-state index in [4.69, 9.17) is 4.74 Å². The molecule has 1 aliphatic heterocycles. The number of rotatable bonds is 5. The van der Waals surface area contributed by atoms with E-state index >= 15 is 0 Å². The minimum absolute atomic E-state index is 0.0351. The molecule has 0 bridgehead atoms. The van der Waals surface area contributed by atoms with Crippen molar-refractivity contribution in [2.45, 2.75) is 24.0 Å². The molecule has 0 radical (unpaired) electrons. The Morgan fingerprint density at radius 3 is 2.81 bits per heavy atom. The highest BCUT2D eigenvalue weighted by Crippen LogP contribution is 2.36. The molecule has 2 amide bonds. The van der Waals surface area contributed by atoms with Crippen LogP contribution in [0.1, 0.15) is 22.8 Å². The highest BCUT2D eigenvalue weighted by molar-refractivity contribution is 8.00. The molecule has 5 nitrogen and oxygen atoms in total. The summed E-state index contributed by atoms with van der Waals surface area (Å²) >= 11 is 1.50. The van der Waals surface area contributed by atoms with E-state index in [9.17, 15) is 9.59 Å². The summed E-state index contributed by atoms with van der Waals surface area (Å²) in [6, 6.07) is 13.2. The van der Waals surface area contributed by atoms with Crippen LogP contribution < -0.4 is 10.1 Å². The maximum atomic E-state index is 12.6. The Labute approximate surface area is 157 Å². The predicted molar refractivity (Wildman–Crippen MR) is 104 cm³/mol. The summed E-state index contributed by atoms with van der Waals surface area (Å²) in [5.74, 6) is 0.696. The minimum atomic E-state index is -0.120. The van der Waals surface area contributed by atoms with Crippen LogP contribution in [0.5, 0.6) is 5.75 Å². The predicted octanol–water partition coefficient (Wildman–Crippen LogP) is 3.58. The fraction of sp³-hybridized carbons (Fsp3) is 0.300. The van der Waals surface area contributed by atoms with Crippen LogP contribution in [0.2, 0.25) is 0 Å². The van der Waals surface area contributed by atoms with Gasteiger partial charge in [-0.05, 0) is 43.7 Å². The molecule has 2 aromatic carbocycles. The number of carbonyl (C=O) groups excluding carboxylic acids is 2. The van der Waals surface area contributed by atoms with E-state index < -0.39 is 0 Å². The van der Waals surface area contributed by atoms with Gasteiger partial charge >= 0.3 is 0 Å². The summed E-state index contributed by atoms with van der Waals surface area (Å²) in [6.45, 7) is 4.75. The van der Waals surface area contributed by atoms with Crippen molar-refractivity contribution >= 4 is 29.3 Å². The van der Waals surface area contributed by atoms with Gasteiger partial charge in [0.1, 0.15) is 12.4 Å². The lowest BCUT2D eigenvalue weighted by Gasteiger charge is -2.23. The van der Waals surface area contributed by atoms with E-state index in [1.165, 1.54) is 11.8 Å². The van der Waals surface area contributed by atoms with Crippen LogP contribution in [0.15, 0.2) is 47.4 Å². The number of ether oxygens (including phenoxy) is 1. The van der Waals surface area contributed by atoms with Gasteiger partial charge in [-0.2, -0.15) is 0 Å². The first-order valence-electron chi connectivity index (χ1n) is 8.51. The first-order chi connectivity index (χ1) is 12.5. The molecule has 1 N–H and O–H groups in total. The third-order valence-corrected chi connectivity index (χ3v) is 5.46. The molecule has 0 aromatic heterocycles. The van der Waals surface area contributed by atoms with Gasteiger partial charge in [0, 0.05) is 17.5 Å². The van der Waals surface area contributed by atoms with E-state index in [1.807, 2.05) is 44.2 Å². The number of thioether (sulfide) groups is 1. The number of anilines is 1. The van der Waals surface area contributed by atoms with Crippen LogP contribution >= 0.6 is 11.8 Å². The van der Waals surface area contributed by atoms with Gasteiger partial charge in [0.25, 0.3) is 5.91 Å². The normalized spacial score (nSPS) is 15.8. The van der Waals surface area contributed by atoms with Crippen LogP contribution in [-0.4, -0.2) is 42.2 Å². The van der Waals surface area contributed by atoms with E-state index in [0.717, 1.165) is 16.2 Å². The van der Waals surface area contributed by atoms with Gasteiger partial charge in [-0.3, -0.25) is 9.59 Å². The second-order valence-electron chi connectivity index (χ2n) is 6.30. The van der Waals surface area contributed by atoms with Gasteiger partial charge < -0.3 is 15.0 Å². The Bertz CT molecular complexity index is 838. The Morgan fingerprint density at radius 1 is 1.27 bits per heavy atom. The number of para-hydroxylation sites is 1. The van der Waals surface area contributed by atoms with E-state index in [0.29, 0.717) is 24.4 Å². The lowest BCUT2D eigenvalue weighted by Crippen LogP contribution is -2.31. The number of hydrogen-bond donors (Lipinski definition) is 1. The van der Waals surface area contributed by atoms with Crippen LogP contribution in [0.3, 0.4) is 0 Å². The van der Waals surface area contributed by atoms with Gasteiger partial charge in [-0.1, -0.05) is 18.2 Å². The molecule has 0 saturated carbocycles. The average molecular weight is 370 g/mol. The van der Waals surface area contributed by atoms with Crippen molar-refractivity contribution in [2.75, 3.05) is 25.5 Å².